The van der Waals surface area contributed by atoms with E-state index in [2.05, 4.69) is 72.9 Å². The summed E-state index contributed by atoms with van der Waals surface area (Å²) in [5, 5.41) is 22.5. The van der Waals surface area contributed by atoms with Crippen molar-refractivity contribution in [3.8, 4) is 0 Å². The molecule has 4 amide bonds. The van der Waals surface area contributed by atoms with Crippen LogP contribution in [0.4, 0.5) is 4.79 Å². The van der Waals surface area contributed by atoms with Crippen molar-refractivity contribution in [2.24, 2.45) is 29.1 Å². The molecule has 0 aromatic heterocycles. The number of carbonyl (C=O) groups excluding carboxylic acids is 3. The second kappa shape index (κ2) is 43.0. The predicted molar refractivity (Wildman–Crippen MR) is 339 cm³/mol. The van der Waals surface area contributed by atoms with E-state index in [1.165, 1.54) is 36.8 Å². The number of aliphatic hydroxyl groups is 1. The van der Waals surface area contributed by atoms with Crippen molar-refractivity contribution in [1.29, 1.82) is 0 Å². The largest absolute Gasteiger partial charge is 0.390 e. The van der Waals surface area contributed by atoms with Gasteiger partial charge in [-0.3, -0.25) is 9.59 Å². The summed E-state index contributed by atoms with van der Waals surface area (Å²) in [4.78, 5) is 36.6. The molecule has 2 aliphatic heterocycles. The second-order valence-corrected chi connectivity index (χ2v) is 25.7. The van der Waals surface area contributed by atoms with Gasteiger partial charge in [-0.25, -0.2) is 4.79 Å². The Labute approximate surface area is 526 Å². The molecule has 0 bridgehead atoms. The minimum absolute atomic E-state index is 0.00409. The van der Waals surface area contributed by atoms with Crippen LogP contribution in [0, 0.1) is 29.1 Å². The van der Waals surface area contributed by atoms with E-state index >= 15 is 0 Å². The third-order valence-electron chi connectivity index (χ3n) is 17.5. The average molecular weight is 1250 g/mol. The molecule has 2 heterocycles. The first-order valence-corrected chi connectivity index (χ1v) is 33.6. The van der Waals surface area contributed by atoms with Crippen molar-refractivity contribution in [1.82, 2.24) is 21.3 Å². The lowest BCUT2D eigenvalue weighted by molar-refractivity contribution is -0.123. The van der Waals surface area contributed by atoms with Gasteiger partial charge >= 0.3 is 6.03 Å². The molecule has 0 spiro atoms. The molecule has 5 N–H and O–H groups in total. The number of ether oxygens (including phenoxy) is 12. The summed E-state index contributed by atoms with van der Waals surface area (Å²) in [6.07, 6.45) is 21.3. The molecule has 496 valence electrons. The normalized spacial score (nSPS) is 25.5. The molecular formula is C65H111BN4O16S. The van der Waals surface area contributed by atoms with Gasteiger partial charge in [-0.2, -0.15) is 11.8 Å². The van der Waals surface area contributed by atoms with Crippen LogP contribution in [0.25, 0.3) is 0 Å². The lowest BCUT2D eigenvalue weighted by Crippen LogP contribution is -2.54. The van der Waals surface area contributed by atoms with Crippen molar-refractivity contribution in [2.75, 3.05) is 171 Å². The number of urea groups is 1. The molecule has 3 aliphatic carbocycles. The Bertz CT molecular complexity index is 2050. The number of allylic oxidation sites excluding steroid dienone is 5. The first-order valence-electron chi connectivity index (χ1n) is 32.6. The SMILES string of the molecule is [B][C@]12NC(=O)N[C@H]1CS[C@H]2CCCCC(=O)NCCOCCOCCOCCOCCOCCOCCOCCOCCOCCOCCOCCOCCC(=O)N[C@@H]1CCC(=C)/C(=C\C=C2/CCC[C@@]3(C)C2CC[C@@H]3C(C)/C=C/C(C)C(C)(C)O)C1. The van der Waals surface area contributed by atoms with E-state index in [4.69, 9.17) is 64.7 Å². The first kappa shape index (κ1) is 74.8. The zero-order valence-electron chi connectivity index (χ0n) is 53.7. The molecule has 2 radical (unpaired) electrons. The quantitative estimate of drug-likeness (QED) is 0.0182. The highest BCUT2D eigenvalue weighted by atomic mass is 32.2. The van der Waals surface area contributed by atoms with Crippen LogP contribution in [-0.4, -0.2) is 230 Å². The van der Waals surface area contributed by atoms with Gasteiger partial charge in [0, 0.05) is 47.8 Å². The Morgan fingerprint density at radius 2 is 1.20 bits per heavy atom. The summed E-state index contributed by atoms with van der Waals surface area (Å²) < 4.78 is 66.8. The molecule has 2 saturated heterocycles. The van der Waals surface area contributed by atoms with Gasteiger partial charge in [0.25, 0.3) is 0 Å². The summed E-state index contributed by atoms with van der Waals surface area (Å²) in [6, 6.07) is -0.134. The van der Waals surface area contributed by atoms with Gasteiger partial charge in [0.05, 0.1) is 170 Å². The number of amides is 4. The molecule has 3 unspecified atom stereocenters. The van der Waals surface area contributed by atoms with Gasteiger partial charge in [0.15, 0.2) is 0 Å². The summed E-state index contributed by atoms with van der Waals surface area (Å²) in [7, 11) is 6.43. The minimum atomic E-state index is -0.711. The van der Waals surface area contributed by atoms with Crippen LogP contribution in [0.3, 0.4) is 0 Å². The number of hydrogen-bond acceptors (Lipinski definition) is 17. The van der Waals surface area contributed by atoms with Crippen molar-refractivity contribution < 1.29 is 76.3 Å². The zero-order valence-corrected chi connectivity index (χ0v) is 54.5. The van der Waals surface area contributed by atoms with Gasteiger partial charge < -0.3 is 83.2 Å². The van der Waals surface area contributed by atoms with Gasteiger partial charge in [0.1, 0.15) is 7.85 Å². The van der Waals surface area contributed by atoms with E-state index in [0.29, 0.717) is 201 Å². The third kappa shape index (κ3) is 29.1. The Morgan fingerprint density at radius 3 is 1.71 bits per heavy atom. The molecule has 20 nitrogen and oxygen atoms in total. The molecule has 5 fully saturated rings. The third-order valence-corrected chi connectivity index (χ3v) is 19.1. The van der Waals surface area contributed by atoms with Crippen LogP contribution in [-0.2, 0) is 66.4 Å². The maximum Gasteiger partial charge on any atom is 0.314 e. The van der Waals surface area contributed by atoms with E-state index in [1.54, 1.807) is 17.3 Å². The van der Waals surface area contributed by atoms with Gasteiger partial charge in [-0.15, -0.1) is 0 Å². The summed E-state index contributed by atoms with van der Waals surface area (Å²) in [5.74, 6) is 2.67. The highest BCUT2D eigenvalue weighted by Gasteiger charge is 2.52. The van der Waals surface area contributed by atoms with Crippen LogP contribution in [0.1, 0.15) is 118 Å². The number of unbranched alkanes of at least 4 members (excludes halogenated alkanes) is 1. The Hall–Kier alpha value is -2.94. The van der Waals surface area contributed by atoms with Crippen LogP contribution in [0.5, 0.6) is 0 Å². The molecule has 22 heteroatoms. The van der Waals surface area contributed by atoms with Crippen molar-refractivity contribution in [3.63, 3.8) is 0 Å². The van der Waals surface area contributed by atoms with E-state index in [1.807, 2.05) is 13.8 Å². The van der Waals surface area contributed by atoms with E-state index in [0.717, 1.165) is 50.7 Å². The van der Waals surface area contributed by atoms with Crippen molar-refractivity contribution in [3.05, 3.63) is 47.6 Å². The number of carbonyl (C=O) groups is 3. The zero-order chi connectivity index (χ0) is 62.4. The van der Waals surface area contributed by atoms with Crippen molar-refractivity contribution >= 4 is 37.5 Å². The van der Waals surface area contributed by atoms with Gasteiger partial charge in [0.2, 0.25) is 11.8 Å². The van der Waals surface area contributed by atoms with E-state index in [9.17, 15) is 19.5 Å². The fourth-order valence-electron chi connectivity index (χ4n) is 12.1. The molecule has 5 rings (SSSR count). The Kier molecular flexibility index (Phi) is 37.0. The molecule has 0 aromatic rings. The summed E-state index contributed by atoms with van der Waals surface area (Å²) in [6.45, 7) is 26.6. The van der Waals surface area contributed by atoms with E-state index < -0.39 is 11.0 Å². The number of hydrogen-bond donors (Lipinski definition) is 5. The number of nitrogens with one attached hydrogen (secondary N) is 4. The van der Waals surface area contributed by atoms with Gasteiger partial charge in [-0.05, 0) is 107 Å². The standard InChI is InChI=1S/C65H111BN4O16S/c1-50-14-18-55(48-54(50)17-16-53-10-9-22-64(6)56(19-20-57(53)64)51(2)13-15-52(3)63(4,5)74)68-61(72)21-24-75-26-28-77-30-32-79-34-36-81-38-40-83-42-44-85-46-47-86-45-43-84-41-39-82-37-35-80-33-31-78-29-27-76-25-23-67-60(71)12-8-7-11-59-65(66)58(49-87-59)69-62(73)70-65/h13,15-17,51-52,55-59,74H,1,7-12,14,18-49H2,2-6H3,(H,67,71)(H,68,72)(H2,69,70,73)/b15-13+,53-16+,54-17-/t51?,52?,55-,56-,57?,58+,59+,64-,65+/m1/s1. The lowest BCUT2D eigenvalue weighted by atomic mass is 9.61. The number of thioether (sulfide) groups is 1. The number of fused-ring (bicyclic) bond motifs is 2. The average Bonchev–Trinajstić information content (AvgIpc) is 1.68. The van der Waals surface area contributed by atoms with Crippen molar-refractivity contribution in [2.45, 2.75) is 146 Å². The fraction of sp³-hybridized carbons (Fsp3) is 0.831. The topological polar surface area (TPSA) is 230 Å². The minimum Gasteiger partial charge on any atom is -0.390 e. The molecule has 3 saturated carbocycles. The Balaban J connectivity index is 0.687. The van der Waals surface area contributed by atoms with Gasteiger partial charge in [-0.1, -0.05) is 69.2 Å². The van der Waals surface area contributed by atoms with Crippen LogP contribution >= 0.6 is 11.8 Å². The monoisotopic (exact) mass is 1250 g/mol. The molecule has 87 heavy (non-hydrogen) atoms. The number of rotatable bonds is 50. The molecular weight excluding hydrogens is 1140 g/mol. The molecule has 9 atom stereocenters. The predicted octanol–water partition coefficient (Wildman–Crippen LogP) is 6.81. The second-order valence-electron chi connectivity index (χ2n) is 24.4. The molecule has 0 aromatic carbocycles. The Morgan fingerprint density at radius 1 is 0.690 bits per heavy atom. The first-order chi connectivity index (χ1) is 42.1. The summed E-state index contributed by atoms with van der Waals surface area (Å²) in [5.41, 5.74) is 2.90. The van der Waals surface area contributed by atoms with Crippen LogP contribution < -0.4 is 21.3 Å². The smallest absolute Gasteiger partial charge is 0.314 e. The van der Waals surface area contributed by atoms with E-state index in [-0.39, 0.29) is 41.1 Å². The highest BCUT2D eigenvalue weighted by molar-refractivity contribution is 8.00. The van der Waals surface area contributed by atoms with Crippen LogP contribution in [0.2, 0.25) is 0 Å². The highest BCUT2D eigenvalue weighted by Crippen LogP contribution is 2.59. The molecule has 5 aliphatic rings. The maximum absolute atomic E-state index is 12.9. The fourth-order valence-corrected chi connectivity index (χ4v) is 13.7. The summed E-state index contributed by atoms with van der Waals surface area (Å²) >= 11 is 1.77. The van der Waals surface area contributed by atoms with Crippen LogP contribution in [0.15, 0.2) is 47.6 Å². The lowest BCUT2D eigenvalue weighted by Gasteiger charge is -2.44. The maximum atomic E-state index is 12.9.